The minimum absolute atomic E-state index is 0.00792. The highest BCUT2D eigenvalue weighted by Crippen LogP contribution is 2.43. The zero-order chi connectivity index (χ0) is 18.9. The second kappa shape index (κ2) is 7.57. The molecule has 1 aromatic rings. The van der Waals surface area contributed by atoms with Gasteiger partial charge in [0.15, 0.2) is 0 Å². The van der Waals surface area contributed by atoms with Crippen LogP contribution in [0.5, 0.6) is 0 Å². The van der Waals surface area contributed by atoms with E-state index >= 15 is 0 Å². The number of hydrogen-bond donors (Lipinski definition) is 1. The van der Waals surface area contributed by atoms with E-state index in [2.05, 4.69) is 12.2 Å². The van der Waals surface area contributed by atoms with Crippen molar-refractivity contribution < 1.29 is 14.3 Å². The summed E-state index contributed by atoms with van der Waals surface area (Å²) < 4.78 is 6.14. The minimum Gasteiger partial charge on any atom is -0.353 e. The third kappa shape index (κ3) is 3.74. The SMILES string of the molecule is CC1CCC2(CC1)OCC(C(=O)NC(C)C)N2C(=O)c1cccc(Cl)c1. The molecule has 1 aromatic carbocycles. The molecule has 0 radical (unpaired) electrons. The number of benzene rings is 1. The van der Waals surface area contributed by atoms with Crippen LogP contribution in [0.4, 0.5) is 0 Å². The minimum atomic E-state index is -0.690. The van der Waals surface area contributed by atoms with Gasteiger partial charge in [-0.3, -0.25) is 14.5 Å². The normalized spacial score (nSPS) is 28.6. The van der Waals surface area contributed by atoms with Crippen molar-refractivity contribution >= 4 is 23.4 Å². The van der Waals surface area contributed by atoms with E-state index < -0.39 is 11.8 Å². The summed E-state index contributed by atoms with van der Waals surface area (Å²) in [7, 11) is 0. The van der Waals surface area contributed by atoms with E-state index in [-0.39, 0.29) is 24.5 Å². The van der Waals surface area contributed by atoms with Crippen molar-refractivity contribution in [3.63, 3.8) is 0 Å². The lowest BCUT2D eigenvalue weighted by atomic mass is 9.83. The van der Waals surface area contributed by atoms with Crippen molar-refractivity contribution in [2.24, 2.45) is 5.92 Å². The van der Waals surface area contributed by atoms with Gasteiger partial charge in [-0.25, -0.2) is 0 Å². The van der Waals surface area contributed by atoms with Gasteiger partial charge >= 0.3 is 0 Å². The van der Waals surface area contributed by atoms with Gasteiger partial charge in [0.2, 0.25) is 5.91 Å². The number of amides is 2. The van der Waals surface area contributed by atoms with E-state index in [4.69, 9.17) is 16.3 Å². The van der Waals surface area contributed by atoms with Crippen molar-refractivity contribution in [3.8, 4) is 0 Å². The van der Waals surface area contributed by atoms with Gasteiger partial charge in [-0.1, -0.05) is 24.6 Å². The molecule has 1 heterocycles. The second-order valence-electron chi connectivity index (χ2n) is 7.80. The van der Waals surface area contributed by atoms with E-state index in [0.29, 0.717) is 16.5 Å². The zero-order valence-electron chi connectivity index (χ0n) is 15.6. The molecule has 1 unspecified atom stereocenters. The summed E-state index contributed by atoms with van der Waals surface area (Å²) >= 11 is 6.08. The van der Waals surface area contributed by atoms with E-state index in [0.717, 1.165) is 25.7 Å². The fourth-order valence-corrected chi connectivity index (χ4v) is 4.11. The largest absolute Gasteiger partial charge is 0.353 e. The Balaban J connectivity index is 1.94. The summed E-state index contributed by atoms with van der Waals surface area (Å²) in [5.74, 6) is 0.255. The number of hydrogen-bond acceptors (Lipinski definition) is 3. The Kier molecular flexibility index (Phi) is 5.58. The molecule has 1 N–H and O–H groups in total. The van der Waals surface area contributed by atoms with Gasteiger partial charge < -0.3 is 10.1 Å². The summed E-state index contributed by atoms with van der Waals surface area (Å²) in [6, 6.07) is 6.28. The lowest BCUT2D eigenvalue weighted by Crippen LogP contribution is -2.57. The maximum Gasteiger partial charge on any atom is 0.256 e. The number of nitrogens with one attached hydrogen (secondary N) is 1. The van der Waals surface area contributed by atoms with Crippen molar-refractivity contribution in [2.75, 3.05) is 6.61 Å². The molecule has 142 valence electrons. The van der Waals surface area contributed by atoms with Crippen LogP contribution < -0.4 is 5.32 Å². The monoisotopic (exact) mass is 378 g/mol. The van der Waals surface area contributed by atoms with Crippen LogP contribution in [0.2, 0.25) is 5.02 Å². The predicted octanol–water partition coefficient (Wildman–Crippen LogP) is 3.61. The van der Waals surface area contributed by atoms with Crippen molar-refractivity contribution in [1.82, 2.24) is 10.2 Å². The first-order valence-corrected chi connectivity index (χ1v) is 9.74. The molecule has 1 aliphatic heterocycles. The van der Waals surface area contributed by atoms with Gasteiger partial charge in [0.05, 0.1) is 6.61 Å². The Morgan fingerprint density at radius 2 is 2.00 bits per heavy atom. The van der Waals surface area contributed by atoms with Crippen LogP contribution in [0.3, 0.4) is 0 Å². The highest BCUT2D eigenvalue weighted by molar-refractivity contribution is 6.31. The molecule has 2 aliphatic rings. The molecule has 1 saturated heterocycles. The van der Waals surface area contributed by atoms with E-state index in [1.54, 1.807) is 29.2 Å². The molecular weight excluding hydrogens is 352 g/mol. The summed E-state index contributed by atoms with van der Waals surface area (Å²) in [6.45, 7) is 6.27. The van der Waals surface area contributed by atoms with Crippen LogP contribution in [0, 0.1) is 5.92 Å². The average Bonchev–Trinajstić information content (AvgIpc) is 2.95. The van der Waals surface area contributed by atoms with Crippen LogP contribution >= 0.6 is 11.6 Å². The predicted molar refractivity (Wildman–Crippen MR) is 101 cm³/mol. The first-order valence-electron chi connectivity index (χ1n) is 9.36. The number of nitrogens with zero attached hydrogens (tertiary/aromatic N) is 1. The highest BCUT2D eigenvalue weighted by Gasteiger charge is 2.53. The van der Waals surface area contributed by atoms with Gasteiger partial charge in [0.25, 0.3) is 5.91 Å². The van der Waals surface area contributed by atoms with Gasteiger partial charge in [-0.2, -0.15) is 0 Å². The molecule has 1 aliphatic carbocycles. The maximum atomic E-state index is 13.4. The lowest BCUT2D eigenvalue weighted by molar-refractivity contribution is -0.128. The van der Waals surface area contributed by atoms with Crippen LogP contribution in [0.1, 0.15) is 56.8 Å². The number of carbonyl (C=O) groups is 2. The van der Waals surface area contributed by atoms with Crippen molar-refractivity contribution in [2.45, 2.75) is 64.3 Å². The first kappa shape index (κ1) is 19.2. The topological polar surface area (TPSA) is 58.6 Å². The molecule has 0 bridgehead atoms. The number of rotatable bonds is 3. The second-order valence-corrected chi connectivity index (χ2v) is 8.24. The molecule has 3 rings (SSSR count). The third-order valence-corrected chi connectivity index (χ3v) is 5.58. The van der Waals surface area contributed by atoms with Gasteiger partial charge in [-0.15, -0.1) is 0 Å². The van der Waals surface area contributed by atoms with Crippen LogP contribution in [-0.2, 0) is 9.53 Å². The molecule has 0 aromatic heterocycles. The zero-order valence-corrected chi connectivity index (χ0v) is 16.4. The molecule has 26 heavy (non-hydrogen) atoms. The average molecular weight is 379 g/mol. The van der Waals surface area contributed by atoms with Crippen molar-refractivity contribution in [1.29, 1.82) is 0 Å². The summed E-state index contributed by atoms with van der Waals surface area (Å²) in [4.78, 5) is 27.8. The molecule has 6 heteroatoms. The van der Waals surface area contributed by atoms with Gasteiger partial charge in [-0.05, 0) is 63.6 Å². The van der Waals surface area contributed by atoms with E-state index in [1.165, 1.54) is 0 Å². The number of halogens is 1. The Morgan fingerprint density at radius 1 is 1.31 bits per heavy atom. The molecule has 2 amide bonds. The summed E-state index contributed by atoms with van der Waals surface area (Å²) in [6.07, 6.45) is 3.48. The fourth-order valence-electron chi connectivity index (χ4n) is 3.92. The quantitative estimate of drug-likeness (QED) is 0.874. The molecular formula is C20H27ClN2O3. The van der Waals surface area contributed by atoms with Gasteiger partial charge in [0, 0.05) is 16.6 Å². The summed E-state index contributed by atoms with van der Waals surface area (Å²) in [5.41, 5.74) is -0.200. The Morgan fingerprint density at radius 3 is 2.62 bits per heavy atom. The Bertz CT molecular complexity index is 683. The van der Waals surface area contributed by atoms with Crippen LogP contribution in [0.25, 0.3) is 0 Å². The fraction of sp³-hybridized carbons (Fsp3) is 0.600. The first-order chi connectivity index (χ1) is 12.3. The highest BCUT2D eigenvalue weighted by atomic mass is 35.5. The number of ether oxygens (including phenoxy) is 1. The van der Waals surface area contributed by atoms with Gasteiger partial charge in [0.1, 0.15) is 11.8 Å². The van der Waals surface area contributed by atoms with Crippen molar-refractivity contribution in [3.05, 3.63) is 34.9 Å². The van der Waals surface area contributed by atoms with E-state index in [9.17, 15) is 9.59 Å². The molecule has 1 spiro atoms. The molecule has 1 saturated carbocycles. The van der Waals surface area contributed by atoms with Crippen LogP contribution in [-0.4, -0.2) is 41.1 Å². The Labute approximate surface area is 160 Å². The standard InChI is InChI=1S/C20H27ClN2O3/c1-13(2)22-18(24)17-12-26-20(9-7-14(3)8-10-20)23(17)19(25)15-5-4-6-16(21)11-15/h4-6,11,13-14,17H,7-10,12H2,1-3H3,(H,22,24). The van der Waals surface area contributed by atoms with Crippen LogP contribution in [0.15, 0.2) is 24.3 Å². The molecule has 5 nitrogen and oxygen atoms in total. The molecule has 2 fully saturated rings. The molecule has 1 atom stereocenters. The lowest BCUT2D eigenvalue weighted by Gasteiger charge is -2.43. The van der Waals surface area contributed by atoms with E-state index in [1.807, 2.05) is 13.8 Å². The third-order valence-electron chi connectivity index (χ3n) is 5.34. The number of carbonyl (C=O) groups excluding carboxylic acids is 2. The Hall–Kier alpha value is -1.59. The smallest absolute Gasteiger partial charge is 0.256 e. The summed E-state index contributed by atoms with van der Waals surface area (Å²) in [5, 5.41) is 3.43. The maximum absolute atomic E-state index is 13.4.